The van der Waals surface area contributed by atoms with Gasteiger partial charge >= 0.3 is 5.97 Å². The number of methoxy groups -OCH3 is 2. The number of hydrogen-bond donors (Lipinski definition) is 0. The van der Waals surface area contributed by atoms with Gasteiger partial charge in [0.15, 0.2) is 18.1 Å². The van der Waals surface area contributed by atoms with Gasteiger partial charge in [-0.15, -0.1) is 0 Å². The van der Waals surface area contributed by atoms with Crippen molar-refractivity contribution in [1.82, 2.24) is 10.1 Å². The molecule has 0 radical (unpaired) electrons. The summed E-state index contributed by atoms with van der Waals surface area (Å²) in [5.74, 6) is 0.362. The number of carbonyl (C=O) groups excluding carboxylic acids is 1. The highest BCUT2D eigenvalue weighted by atomic mass is 16.6. The molecule has 0 aliphatic carbocycles. The first-order chi connectivity index (χ1) is 15.0. The molecule has 2 aromatic carbocycles. The van der Waals surface area contributed by atoms with E-state index in [4.69, 9.17) is 23.5 Å². The Balaban J connectivity index is 1.76. The maximum absolute atomic E-state index is 12.5. The average Bonchev–Trinajstić information content (AvgIpc) is 3.26. The predicted molar refractivity (Wildman–Crippen MR) is 106 cm³/mol. The minimum Gasteiger partial charge on any atom is -0.497 e. The van der Waals surface area contributed by atoms with Crippen LogP contribution in [0.1, 0.15) is 23.2 Å². The number of carbonyl (C=O) groups is 1. The van der Waals surface area contributed by atoms with Gasteiger partial charge in [0.1, 0.15) is 11.3 Å². The van der Waals surface area contributed by atoms with Gasteiger partial charge in [-0.05, 0) is 31.2 Å². The van der Waals surface area contributed by atoms with Gasteiger partial charge in [0.25, 0.3) is 11.6 Å². The third kappa shape index (κ3) is 4.89. The summed E-state index contributed by atoms with van der Waals surface area (Å²) in [6.45, 7) is 1.62. The number of benzene rings is 2. The molecular weight excluding hydrogens is 410 g/mol. The number of aromatic nitrogens is 2. The fraction of sp³-hybridized carbons (Fsp3) is 0.250. The second-order valence-corrected chi connectivity index (χ2v) is 6.03. The van der Waals surface area contributed by atoms with E-state index < -0.39 is 16.6 Å². The molecule has 31 heavy (non-hydrogen) atoms. The highest BCUT2D eigenvalue weighted by Crippen LogP contribution is 2.35. The smallest absolute Gasteiger partial charge is 0.345 e. The Morgan fingerprint density at radius 1 is 1.13 bits per heavy atom. The molecule has 11 heteroatoms. The topological polar surface area (TPSA) is 136 Å². The zero-order valence-corrected chi connectivity index (χ0v) is 17.0. The van der Waals surface area contributed by atoms with Crippen LogP contribution in [0, 0.1) is 10.1 Å². The molecule has 162 valence electrons. The summed E-state index contributed by atoms with van der Waals surface area (Å²) in [5.41, 5.74) is -0.0899. The second-order valence-electron chi connectivity index (χ2n) is 6.03. The van der Waals surface area contributed by atoms with Gasteiger partial charge in [-0.2, -0.15) is 4.98 Å². The number of ether oxygens (including phenoxy) is 4. The predicted octanol–water partition coefficient (Wildman–Crippen LogP) is 3.42. The van der Waals surface area contributed by atoms with E-state index in [9.17, 15) is 14.9 Å². The lowest BCUT2D eigenvalue weighted by molar-refractivity contribution is -0.385. The first-order valence-electron chi connectivity index (χ1n) is 9.10. The Labute approximate surface area is 176 Å². The molecule has 0 atom stereocenters. The average molecular weight is 429 g/mol. The van der Waals surface area contributed by atoms with Crippen LogP contribution in [0.2, 0.25) is 0 Å². The van der Waals surface area contributed by atoms with Gasteiger partial charge < -0.3 is 23.5 Å². The van der Waals surface area contributed by atoms with Crippen molar-refractivity contribution in [3.05, 3.63) is 58.0 Å². The van der Waals surface area contributed by atoms with E-state index in [1.54, 1.807) is 38.3 Å². The molecule has 0 saturated carbocycles. The fourth-order valence-electron chi connectivity index (χ4n) is 2.67. The lowest BCUT2D eigenvalue weighted by Crippen LogP contribution is -2.10. The molecule has 3 rings (SSSR count). The SMILES string of the molecule is CCOc1cc([N+](=O)[O-])c(C(=O)OCc2nc(-c3ccc(OC)cc3)no2)cc1OC. The fourth-order valence-corrected chi connectivity index (χ4v) is 2.67. The van der Waals surface area contributed by atoms with Crippen molar-refractivity contribution in [2.24, 2.45) is 0 Å². The summed E-state index contributed by atoms with van der Waals surface area (Å²) in [7, 11) is 2.91. The summed E-state index contributed by atoms with van der Waals surface area (Å²) >= 11 is 0. The number of nitrogens with zero attached hydrogens (tertiary/aromatic N) is 3. The van der Waals surface area contributed by atoms with Gasteiger partial charge in [-0.25, -0.2) is 4.79 Å². The summed E-state index contributed by atoms with van der Waals surface area (Å²) in [6, 6.07) is 9.28. The minimum atomic E-state index is -0.947. The monoisotopic (exact) mass is 429 g/mol. The third-order valence-corrected chi connectivity index (χ3v) is 4.14. The number of hydrogen-bond acceptors (Lipinski definition) is 10. The molecule has 0 unspecified atom stereocenters. The normalized spacial score (nSPS) is 10.4. The molecular formula is C20H19N3O8. The van der Waals surface area contributed by atoms with E-state index in [0.29, 0.717) is 17.1 Å². The van der Waals surface area contributed by atoms with E-state index in [2.05, 4.69) is 10.1 Å². The van der Waals surface area contributed by atoms with Crippen LogP contribution in [-0.2, 0) is 11.3 Å². The lowest BCUT2D eigenvalue weighted by atomic mass is 10.1. The first-order valence-corrected chi connectivity index (χ1v) is 9.10. The van der Waals surface area contributed by atoms with Gasteiger partial charge in [0.05, 0.1) is 31.8 Å². The van der Waals surface area contributed by atoms with Crippen molar-refractivity contribution >= 4 is 11.7 Å². The summed E-state index contributed by atoms with van der Waals surface area (Å²) in [5, 5.41) is 15.2. The zero-order valence-electron chi connectivity index (χ0n) is 17.0. The van der Waals surface area contributed by atoms with Crippen molar-refractivity contribution in [3.8, 4) is 28.6 Å². The van der Waals surface area contributed by atoms with Crippen molar-refractivity contribution in [2.75, 3.05) is 20.8 Å². The summed E-state index contributed by atoms with van der Waals surface area (Å²) < 4.78 is 25.8. The van der Waals surface area contributed by atoms with Gasteiger partial charge in [-0.3, -0.25) is 10.1 Å². The van der Waals surface area contributed by atoms with Crippen LogP contribution < -0.4 is 14.2 Å². The summed E-state index contributed by atoms with van der Waals surface area (Å²) in [4.78, 5) is 27.4. The van der Waals surface area contributed by atoms with E-state index in [0.717, 1.165) is 6.07 Å². The van der Waals surface area contributed by atoms with Crippen molar-refractivity contribution in [1.29, 1.82) is 0 Å². The van der Waals surface area contributed by atoms with Crippen LogP contribution in [0.4, 0.5) is 5.69 Å². The Morgan fingerprint density at radius 2 is 1.87 bits per heavy atom. The number of rotatable bonds is 9. The Morgan fingerprint density at radius 3 is 2.48 bits per heavy atom. The van der Waals surface area contributed by atoms with E-state index in [1.807, 2.05) is 0 Å². The molecule has 0 bridgehead atoms. The Hall–Kier alpha value is -4.15. The van der Waals surface area contributed by atoms with Crippen molar-refractivity contribution < 1.29 is 33.2 Å². The van der Waals surface area contributed by atoms with Crippen LogP contribution in [-0.4, -0.2) is 41.9 Å². The van der Waals surface area contributed by atoms with Gasteiger partial charge in [-0.1, -0.05) is 5.16 Å². The molecule has 0 aliphatic heterocycles. The largest absolute Gasteiger partial charge is 0.497 e. The first kappa shape index (κ1) is 21.6. The number of nitro groups is 1. The summed E-state index contributed by atoms with van der Waals surface area (Å²) in [6.07, 6.45) is 0. The molecule has 1 heterocycles. The molecule has 0 amide bonds. The van der Waals surface area contributed by atoms with Crippen LogP contribution in [0.25, 0.3) is 11.4 Å². The highest BCUT2D eigenvalue weighted by Gasteiger charge is 2.26. The van der Waals surface area contributed by atoms with Crippen LogP contribution in [0.15, 0.2) is 40.9 Å². The van der Waals surface area contributed by atoms with Gasteiger partial charge in [0.2, 0.25) is 5.82 Å². The van der Waals surface area contributed by atoms with Crippen LogP contribution >= 0.6 is 0 Å². The molecule has 3 aromatic rings. The third-order valence-electron chi connectivity index (χ3n) is 4.14. The second kappa shape index (κ2) is 9.57. The Kier molecular flexibility index (Phi) is 6.65. The molecule has 0 spiro atoms. The van der Waals surface area contributed by atoms with Crippen molar-refractivity contribution in [2.45, 2.75) is 13.5 Å². The maximum Gasteiger partial charge on any atom is 0.345 e. The number of nitro benzene ring substituents is 1. The van der Waals surface area contributed by atoms with E-state index >= 15 is 0 Å². The lowest BCUT2D eigenvalue weighted by Gasteiger charge is -2.11. The highest BCUT2D eigenvalue weighted by molar-refractivity contribution is 5.95. The molecule has 1 aromatic heterocycles. The van der Waals surface area contributed by atoms with Crippen LogP contribution in [0.5, 0.6) is 17.2 Å². The van der Waals surface area contributed by atoms with Crippen molar-refractivity contribution in [3.63, 3.8) is 0 Å². The van der Waals surface area contributed by atoms with E-state index in [1.165, 1.54) is 13.2 Å². The molecule has 0 N–H and O–H groups in total. The maximum atomic E-state index is 12.5. The number of esters is 1. The van der Waals surface area contributed by atoms with E-state index in [-0.39, 0.29) is 36.2 Å². The standard InChI is InChI=1S/C20H19N3O8/c1-4-29-17-10-15(23(25)26)14(9-16(17)28-3)20(24)30-11-18-21-19(22-31-18)12-5-7-13(27-2)8-6-12/h5-10H,4,11H2,1-3H3. The molecule has 0 aliphatic rings. The Bertz CT molecular complexity index is 1080. The molecule has 0 saturated heterocycles. The quantitative estimate of drug-likeness (QED) is 0.283. The minimum absolute atomic E-state index is 0.0275. The van der Waals surface area contributed by atoms with Crippen LogP contribution in [0.3, 0.4) is 0 Å². The molecule has 0 fully saturated rings. The zero-order chi connectivity index (χ0) is 22.4. The van der Waals surface area contributed by atoms with Gasteiger partial charge in [0, 0.05) is 11.6 Å². The molecule has 11 nitrogen and oxygen atoms in total.